The molecule has 0 aliphatic rings. The Balaban J connectivity index is 2.84. The van der Waals surface area contributed by atoms with Gasteiger partial charge in [-0.25, -0.2) is 4.98 Å². The molecule has 3 heteroatoms. The van der Waals surface area contributed by atoms with Gasteiger partial charge in [-0.3, -0.25) is 0 Å². The summed E-state index contributed by atoms with van der Waals surface area (Å²) in [4.78, 5) is 5.85. The van der Waals surface area contributed by atoms with E-state index in [2.05, 4.69) is 25.8 Å². The van der Waals surface area contributed by atoms with E-state index in [0.29, 0.717) is 12.5 Å². The molecule has 1 aromatic rings. The maximum absolute atomic E-state index is 5.66. The van der Waals surface area contributed by atoms with Crippen molar-refractivity contribution < 1.29 is 0 Å². The van der Waals surface area contributed by atoms with Gasteiger partial charge in [0.1, 0.15) is 0 Å². The fourth-order valence-corrected chi connectivity index (χ4v) is 2.21. The Labute approximate surface area is 84.2 Å². The molecule has 0 atom stereocenters. The average molecular weight is 198 g/mol. The summed E-state index contributed by atoms with van der Waals surface area (Å²) >= 11 is 1.77. The second kappa shape index (κ2) is 4.72. The summed E-state index contributed by atoms with van der Waals surface area (Å²) in [6, 6.07) is 0. The summed E-state index contributed by atoms with van der Waals surface area (Å²) in [6.07, 6.45) is 2.08. The predicted molar refractivity (Wildman–Crippen MR) is 57.9 cm³/mol. The lowest BCUT2D eigenvalue weighted by atomic mass is 10.1. The molecule has 1 aromatic heterocycles. The quantitative estimate of drug-likeness (QED) is 0.806. The summed E-state index contributed by atoms with van der Waals surface area (Å²) in [7, 11) is 0. The van der Waals surface area contributed by atoms with Gasteiger partial charge in [0.2, 0.25) is 0 Å². The van der Waals surface area contributed by atoms with Crippen LogP contribution in [-0.4, -0.2) is 4.98 Å². The van der Waals surface area contributed by atoms with Crippen molar-refractivity contribution in [3.8, 4) is 0 Å². The van der Waals surface area contributed by atoms with Crippen LogP contribution in [0, 0.1) is 5.92 Å². The van der Waals surface area contributed by atoms with Crippen molar-refractivity contribution >= 4 is 11.3 Å². The Bertz CT molecular complexity index is 266. The Morgan fingerprint density at radius 2 is 2.15 bits per heavy atom. The molecule has 0 saturated heterocycles. The number of aryl methyl sites for hydroxylation is 1. The predicted octanol–water partition coefficient (Wildman–Crippen LogP) is 2.36. The van der Waals surface area contributed by atoms with Gasteiger partial charge < -0.3 is 5.73 Å². The first kappa shape index (κ1) is 10.7. The van der Waals surface area contributed by atoms with Crippen LogP contribution in [0.3, 0.4) is 0 Å². The Morgan fingerprint density at radius 3 is 2.62 bits per heavy atom. The third kappa shape index (κ3) is 2.78. The van der Waals surface area contributed by atoms with E-state index in [0.717, 1.165) is 12.8 Å². The minimum absolute atomic E-state index is 0.639. The standard InChI is InChI=1S/C10H18N2S/c1-4-10-12-8(5-7(2)3)9(6-11)13-10/h7H,4-6,11H2,1-3H3. The van der Waals surface area contributed by atoms with Gasteiger partial charge in [-0.05, 0) is 18.8 Å². The summed E-state index contributed by atoms with van der Waals surface area (Å²) in [5.74, 6) is 0.664. The zero-order valence-corrected chi connectivity index (χ0v) is 9.45. The lowest BCUT2D eigenvalue weighted by molar-refractivity contribution is 0.632. The SMILES string of the molecule is CCc1nc(CC(C)C)c(CN)s1. The third-order valence-electron chi connectivity index (χ3n) is 1.91. The van der Waals surface area contributed by atoms with Crippen molar-refractivity contribution in [1.29, 1.82) is 0 Å². The van der Waals surface area contributed by atoms with Crippen molar-refractivity contribution in [3.63, 3.8) is 0 Å². The van der Waals surface area contributed by atoms with E-state index in [1.165, 1.54) is 15.6 Å². The van der Waals surface area contributed by atoms with E-state index in [-0.39, 0.29) is 0 Å². The highest BCUT2D eigenvalue weighted by atomic mass is 32.1. The van der Waals surface area contributed by atoms with Gasteiger partial charge >= 0.3 is 0 Å². The molecule has 0 unspecified atom stereocenters. The van der Waals surface area contributed by atoms with E-state index in [1.807, 2.05) is 0 Å². The van der Waals surface area contributed by atoms with Crippen LogP contribution in [0.25, 0.3) is 0 Å². The molecular weight excluding hydrogens is 180 g/mol. The molecule has 0 radical (unpaired) electrons. The monoisotopic (exact) mass is 198 g/mol. The Hall–Kier alpha value is -0.410. The van der Waals surface area contributed by atoms with E-state index >= 15 is 0 Å². The van der Waals surface area contributed by atoms with Gasteiger partial charge in [-0.2, -0.15) is 0 Å². The highest BCUT2D eigenvalue weighted by molar-refractivity contribution is 7.11. The minimum atomic E-state index is 0.639. The number of hydrogen-bond acceptors (Lipinski definition) is 3. The molecule has 0 bridgehead atoms. The molecule has 1 rings (SSSR count). The van der Waals surface area contributed by atoms with Crippen LogP contribution >= 0.6 is 11.3 Å². The fourth-order valence-electron chi connectivity index (χ4n) is 1.29. The molecule has 0 aliphatic heterocycles. The van der Waals surface area contributed by atoms with E-state index in [1.54, 1.807) is 11.3 Å². The average Bonchev–Trinajstić information content (AvgIpc) is 2.46. The highest BCUT2D eigenvalue weighted by Crippen LogP contribution is 2.21. The number of nitrogens with zero attached hydrogens (tertiary/aromatic N) is 1. The zero-order chi connectivity index (χ0) is 9.84. The van der Waals surface area contributed by atoms with Gasteiger partial charge in [0, 0.05) is 11.4 Å². The second-order valence-corrected chi connectivity index (χ2v) is 4.80. The van der Waals surface area contributed by atoms with Crippen molar-refractivity contribution in [2.75, 3.05) is 0 Å². The largest absolute Gasteiger partial charge is 0.326 e. The zero-order valence-electron chi connectivity index (χ0n) is 8.63. The molecule has 74 valence electrons. The van der Waals surface area contributed by atoms with Gasteiger partial charge in [0.15, 0.2) is 0 Å². The first-order valence-electron chi connectivity index (χ1n) is 4.84. The Morgan fingerprint density at radius 1 is 1.46 bits per heavy atom. The first-order chi connectivity index (χ1) is 6.17. The summed E-state index contributed by atoms with van der Waals surface area (Å²) in [5, 5.41) is 1.22. The van der Waals surface area contributed by atoms with E-state index < -0.39 is 0 Å². The fraction of sp³-hybridized carbons (Fsp3) is 0.700. The molecule has 0 aromatic carbocycles. The van der Waals surface area contributed by atoms with Crippen LogP contribution in [0.2, 0.25) is 0 Å². The molecule has 0 aliphatic carbocycles. The first-order valence-corrected chi connectivity index (χ1v) is 5.66. The van der Waals surface area contributed by atoms with Crippen LogP contribution in [0.5, 0.6) is 0 Å². The minimum Gasteiger partial charge on any atom is -0.326 e. The molecule has 2 nitrogen and oxygen atoms in total. The van der Waals surface area contributed by atoms with Crippen molar-refractivity contribution in [2.45, 2.75) is 40.2 Å². The smallest absolute Gasteiger partial charge is 0.0928 e. The lowest BCUT2D eigenvalue weighted by Crippen LogP contribution is -2.02. The van der Waals surface area contributed by atoms with Crippen LogP contribution in [-0.2, 0) is 19.4 Å². The van der Waals surface area contributed by atoms with E-state index in [4.69, 9.17) is 5.73 Å². The van der Waals surface area contributed by atoms with Crippen LogP contribution < -0.4 is 5.73 Å². The van der Waals surface area contributed by atoms with Crippen LogP contribution in [0.1, 0.15) is 36.3 Å². The molecule has 0 saturated carbocycles. The molecule has 0 amide bonds. The third-order valence-corrected chi connectivity index (χ3v) is 3.18. The molecule has 13 heavy (non-hydrogen) atoms. The molecule has 0 spiro atoms. The van der Waals surface area contributed by atoms with Crippen LogP contribution in [0.15, 0.2) is 0 Å². The van der Waals surface area contributed by atoms with Gasteiger partial charge in [-0.1, -0.05) is 20.8 Å². The summed E-state index contributed by atoms with van der Waals surface area (Å²) in [6.45, 7) is 7.20. The maximum atomic E-state index is 5.66. The van der Waals surface area contributed by atoms with Gasteiger partial charge in [-0.15, -0.1) is 11.3 Å². The number of rotatable bonds is 4. The van der Waals surface area contributed by atoms with E-state index in [9.17, 15) is 0 Å². The highest BCUT2D eigenvalue weighted by Gasteiger charge is 2.09. The lowest BCUT2D eigenvalue weighted by Gasteiger charge is -2.02. The van der Waals surface area contributed by atoms with Crippen molar-refractivity contribution in [3.05, 3.63) is 15.6 Å². The van der Waals surface area contributed by atoms with Crippen LogP contribution in [0.4, 0.5) is 0 Å². The Kier molecular flexibility index (Phi) is 3.88. The van der Waals surface area contributed by atoms with Gasteiger partial charge in [0.05, 0.1) is 10.7 Å². The van der Waals surface area contributed by atoms with Gasteiger partial charge in [0.25, 0.3) is 0 Å². The molecular formula is C10H18N2S. The topological polar surface area (TPSA) is 38.9 Å². The molecule has 1 heterocycles. The number of nitrogens with two attached hydrogens (primary N) is 1. The molecule has 0 fully saturated rings. The number of aromatic nitrogens is 1. The van der Waals surface area contributed by atoms with Crippen molar-refractivity contribution in [1.82, 2.24) is 4.98 Å². The summed E-state index contributed by atoms with van der Waals surface area (Å²) in [5.41, 5.74) is 6.89. The maximum Gasteiger partial charge on any atom is 0.0928 e. The number of hydrogen-bond donors (Lipinski definition) is 1. The normalized spacial score (nSPS) is 11.2. The second-order valence-electron chi connectivity index (χ2n) is 3.63. The molecule has 2 N–H and O–H groups in total. The number of thiazole rings is 1. The van der Waals surface area contributed by atoms with Crippen molar-refractivity contribution in [2.24, 2.45) is 11.7 Å². The summed E-state index contributed by atoms with van der Waals surface area (Å²) < 4.78 is 0.